The van der Waals surface area contributed by atoms with Crippen LogP contribution in [0.4, 0.5) is 0 Å². The zero-order valence-corrected chi connectivity index (χ0v) is 13.5. The van der Waals surface area contributed by atoms with Gasteiger partial charge in [0.05, 0.1) is 23.6 Å². The van der Waals surface area contributed by atoms with Gasteiger partial charge < -0.3 is 9.88 Å². The molecule has 116 valence electrons. The molecule has 1 unspecified atom stereocenters. The van der Waals surface area contributed by atoms with Gasteiger partial charge in [0.15, 0.2) is 0 Å². The van der Waals surface area contributed by atoms with Crippen molar-refractivity contribution in [1.82, 2.24) is 14.9 Å². The molecule has 1 N–H and O–H groups in total. The van der Waals surface area contributed by atoms with Crippen LogP contribution in [0.2, 0.25) is 0 Å². The lowest BCUT2D eigenvalue weighted by Crippen LogP contribution is -2.33. The summed E-state index contributed by atoms with van der Waals surface area (Å²) < 4.78 is 1.99. The Morgan fingerprint density at radius 1 is 1.36 bits per heavy atom. The van der Waals surface area contributed by atoms with Gasteiger partial charge in [0.1, 0.15) is 5.82 Å². The molecule has 4 nitrogen and oxygen atoms in total. The van der Waals surface area contributed by atoms with Crippen molar-refractivity contribution in [3.8, 4) is 12.3 Å². The predicted molar refractivity (Wildman–Crippen MR) is 89.2 cm³/mol. The zero-order valence-electron chi connectivity index (χ0n) is 13.5. The van der Waals surface area contributed by atoms with E-state index in [1.54, 1.807) is 0 Å². The molecular formula is C18H23N3O. The topological polar surface area (TPSA) is 46.9 Å². The number of imidazole rings is 1. The van der Waals surface area contributed by atoms with E-state index in [-0.39, 0.29) is 17.9 Å². The van der Waals surface area contributed by atoms with Crippen molar-refractivity contribution in [3.63, 3.8) is 0 Å². The molecule has 0 spiro atoms. The third-order valence-electron chi connectivity index (χ3n) is 4.04. The molecule has 1 amide bonds. The Morgan fingerprint density at radius 2 is 2.05 bits per heavy atom. The van der Waals surface area contributed by atoms with E-state index in [4.69, 9.17) is 6.42 Å². The second-order valence-electron chi connectivity index (χ2n) is 5.49. The number of benzene rings is 1. The number of hydrogen-bond acceptors (Lipinski definition) is 2. The highest BCUT2D eigenvalue weighted by atomic mass is 16.1. The molecule has 1 heterocycles. The maximum Gasteiger partial charge on any atom is 0.223 e. The summed E-state index contributed by atoms with van der Waals surface area (Å²) >= 11 is 0. The van der Waals surface area contributed by atoms with E-state index in [0.717, 1.165) is 29.7 Å². The molecule has 22 heavy (non-hydrogen) atoms. The van der Waals surface area contributed by atoms with Crippen LogP contribution in [-0.2, 0) is 11.3 Å². The summed E-state index contributed by atoms with van der Waals surface area (Å²) in [7, 11) is 0. The van der Waals surface area contributed by atoms with Crippen LogP contribution < -0.4 is 5.32 Å². The van der Waals surface area contributed by atoms with Crippen LogP contribution >= 0.6 is 0 Å². The van der Waals surface area contributed by atoms with Crippen molar-refractivity contribution < 1.29 is 4.79 Å². The average Bonchev–Trinajstić information content (AvgIpc) is 2.88. The summed E-state index contributed by atoms with van der Waals surface area (Å²) in [5.74, 6) is 3.60. The molecule has 0 saturated heterocycles. The van der Waals surface area contributed by atoms with E-state index >= 15 is 0 Å². The van der Waals surface area contributed by atoms with Gasteiger partial charge in [-0.05, 0) is 31.9 Å². The molecule has 2 rings (SSSR count). The van der Waals surface area contributed by atoms with Crippen molar-refractivity contribution in [3.05, 3.63) is 30.1 Å². The minimum atomic E-state index is -0.172. The molecule has 1 aromatic heterocycles. The van der Waals surface area contributed by atoms with Crippen molar-refractivity contribution in [2.45, 2.75) is 46.2 Å². The Balaban J connectivity index is 2.31. The summed E-state index contributed by atoms with van der Waals surface area (Å²) in [4.78, 5) is 16.9. The number of fused-ring (bicyclic) bond motifs is 1. The number of aromatic nitrogens is 2. The SMILES string of the molecule is C#CCn1c(C(C)NC(=O)C(CC)CC)nc2ccccc21. The highest BCUT2D eigenvalue weighted by Gasteiger charge is 2.21. The van der Waals surface area contributed by atoms with E-state index in [9.17, 15) is 4.79 Å². The number of carbonyl (C=O) groups excluding carboxylic acids is 1. The number of nitrogens with one attached hydrogen (secondary N) is 1. The van der Waals surface area contributed by atoms with Crippen molar-refractivity contribution >= 4 is 16.9 Å². The summed E-state index contributed by atoms with van der Waals surface area (Å²) in [6.07, 6.45) is 7.17. The number of para-hydroxylation sites is 2. The average molecular weight is 297 g/mol. The molecular weight excluding hydrogens is 274 g/mol. The maximum atomic E-state index is 12.3. The van der Waals surface area contributed by atoms with E-state index in [1.165, 1.54) is 0 Å². The van der Waals surface area contributed by atoms with Crippen LogP contribution in [-0.4, -0.2) is 15.5 Å². The highest BCUT2D eigenvalue weighted by molar-refractivity contribution is 5.79. The fraction of sp³-hybridized carbons (Fsp3) is 0.444. The monoisotopic (exact) mass is 297 g/mol. The Kier molecular flexibility index (Phi) is 5.21. The zero-order chi connectivity index (χ0) is 16.1. The Morgan fingerprint density at radius 3 is 2.68 bits per heavy atom. The number of terminal acetylenes is 1. The predicted octanol–water partition coefficient (Wildman–Crippen LogP) is 3.28. The van der Waals surface area contributed by atoms with E-state index < -0.39 is 0 Å². The van der Waals surface area contributed by atoms with Gasteiger partial charge in [0, 0.05) is 5.92 Å². The second-order valence-corrected chi connectivity index (χ2v) is 5.49. The van der Waals surface area contributed by atoms with Gasteiger partial charge in [0.2, 0.25) is 5.91 Å². The minimum Gasteiger partial charge on any atom is -0.346 e. The van der Waals surface area contributed by atoms with Crippen LogP contribution in [0.25, 0.3) is 11.0 Å². The van der Waals surface area contributed by atoms with E-state index in [2.05, 4.69) is 16.2 Å². The number of hydrogen-bond donors (Lipinski definition) is 1. The summed E-state index contributed by atoms with van der Waals surface area (Å²) in [5, 5.41) is 3.07. The molecule has 0 saturated carbocycles. The highest BCUT2D eigenvalue weighted by Crippen LogP contribution is 2.21. The number of nitrogens with zero attached hydrogens (tertiary/aromatic N) is 2. The third kappa shape index (κ3) is 3.14. The fourth-order valence-corrected chi connectivity index (χ4v) is 2.74. The van der Waals surface area contributed by atoms with Gasteiger partial charge in [-0.15, -0.1) is 6.42 Å². The minimum absolute atomic E-state index is 0.0490. The number of amides is 1. The molecule has 0 radical (unpaired) electrons. The molecule has 0 aliphatic heterocycles. The van der Waals surface area contributed by atoms with Gasteiger partial charge in [-0.2, -0.15) is 0 Å². The number of carbonyl (C=O) groups is 1. The van der Waals surface area contributed by atoms with Gasteiger partial charge in [-0.1, -0.05) is 31.9 Å². The largest absolute Gasteiger partial charge is 0.346 e. The smallest absolute Gasteiger partial charge is 0.223 e. The van der Waals surface area contributed by atoms with Crippen molar-refractivity contribution in [1.29, 1.82) is 0 Å². The van der Waals surface area contributed by atoms with Crippen molar-refractivity contribution in [2.75, 3.05) is 0 Å². The van der Waals surface area contributed by atoms with Crippen LogP contribution in [0.3, 0.4) is 0 Å². The van der Waals surface area contributed by atoms with Gasteiger partial charge in [-0.3, -0.25) is 4.79 Å². The third-order valence-corrected chi connectivity index (χ3v) is 4.04. The summed E-state index contributed by atoms with van der Waals surface area (Å²) in [5.41, 5.74) is 1.90. The Labute approximate surface area is 131 Å². The first-order valence-corrected chi connectivity index (χ1v) is 7.81. The van der Waals surface area contributed by atoms with Crippen LogP contribution in [0.1, 0.15) is 45.5 Å². The molecule has 0 aliphatic carbocycles. The summed E-state index contributed by atoms with van der Waals surface area (Å²) in [6.45, 7) is 6.47. The maximum absolute atomic E-state index is 12.3. The lowest BCUT2D eigenvalue weighted by Gasteiger charge is -2.18. The van der Waals surface area contributed by atoms with Crippen LogP contribution in [0.5, 0.6) is 0 Å². The molecule has 1 aromatic carbocycles. The Hall–Kier alpha value is -2.28. The molecule has 2 aromatic rings. The van der Waals surface area contributed by atoms with Gasteiger partial charge >= 0.3 is 0 Å². The standard InChI is InChI=1S/C18H23N3O/c1-5-12-21-16-11-9-8-10-15(16)20-17(21)13(4)19-18(22)14(6-2)7-3/h1,8-11,13-14H,6-7,12H2,2-4H3,(H,19,22). The second kappa shape index (κ2) is 7.13. The first-order chi connectivity index (χ1) is 10.6. The number of rotatable bonds is 6. The first-order valence-electron chi connectivity index (χ1n) is 7.81. The van der Waals surface area contributed by atoms with E-state index in [1.807, 2.05) is 49.6 Å². The molecule has 4 heteroatoms. The lowest BCUT2D eigenvalue weighted by molar-refractivity contribution is -0.125. The summed E-state index contributed by atoms with van der Waals surface area (Å²) in [6, 6.07) is 7.70. The fourth-order valence-electron chi connectivity index (χ4n) is 2.74. The Bertz CT molecular complexity index is 692. The normalized spacial score (nSPS) is 12.3. The quantitative estimate of drug-likeness (QED) is 0.832. The molecule has 0 fully saturated rings. The van der Waals surface area contributed by atoms with E-state index in [0.29, 0.717) is 6.54 Å². The van der Waals surface area contributed by atoms with Gasteiger partial charge in [-0.25, -0.2) is 4.98 Å². The first kappa shape index (κ1) is 16.1. The molecule has 0 bridgehead atoms. The van der Waals surface area contributed by atoms with Crippen LogP contribution in [0, 0.1) is 18.3 Å². The molecule has 0 aliphatic rings. The lowest BCUT2D eigenvalue weighted by atomic mass is 10.0. The van der Waals surface area contributed by atoms with Crippen molar-refractivity contribution in [2.24, 2.45) is 5.92 Å². The van der Waals surface area contributed by atoms with Gasteiger partial charge in [0.25, 0.3) is 0 Å². The van der Waals surface area contributed by atoms with Crippen LogP contribution in [0.15, 0.2) is 24.3 Å². The molecule has 1 atom stereocenters.